The quantitative estimate of drug-likeness (QED) is 0.166. The van der Waals surface area contributed by atoms with E-state index in [1.165, 1.54) is 20.8 Å². The maximum absolute atomic E-state index is 11.3. The first-order valence-electron chi connectivity index (χ1n) is 11.4. The summed E-state index contributed by atoms with van der Waals surface area (Å²) in [5.41, 5.74) is 7.66. The van der Waals surface area contributed by atoms with Gasteiger partial charge in [0.2, 0.25) is 0 Å². The Morgan fingerprint density at radius 3 is 2.03 bits per heavy atom. The van der Waals surface area contributed by atoms with Gasteiger partial charge in [-0.1, -0.05) is 31.7 Å². The van der Waals surface area contributed by atoms with Crippen LogP contribution in [0.25, 0.3) is 0 Å². The molecule has 0 amide bonds. The lowest BCUT2D eigenvalue weighted by Crippen LogP contribution is -2.28. The van der Waals surface area contributed by atoms with E-state index in [1.807, 2.05) is 30.3 Å². The van der Waals surface area contributed by atoms with Crippen LogP contribution in [0.5, 0.6) is 5.75 Å². The molecular formula is C27H31ClO8. The Balaban J connectivity index is 2.02. The minimum Gasteiger partial charge on any atom is -0.492 e. The second-order valence-corrected chi connectivity index (χ2v) is 9.18. The fourth-order valence-electron chi connectivity index (χ4n) is 3.13. The molecule has 0 aromatic heterocycles. The van der Waals surface area contributed by atoms with Crippen molar-refractivity contribution in [3.63, 3.8) is 0 Å². The van der Waals surface area contributed by atoms with E-state index in [-0.39, 0.29) is 37.8 Å². The molecule has 1 aliphatic carbocycles. The summed E-state index contributed by atoms with van der Waals surface area (Å²) >= 11 is 6.10. The topological polar surface area (TPSA) is 97.4 Å². The van der Waals surface area contributed by atoms with Gasteiger partial charge in [-0.15, -0.1) is 11.6 Å². The van der Waals surface area contributed by atoms with E-state index in [2.05, 4.69) is 25.3 Å². The standard InChI is InChI=1S/C27H31ClO8/c1-18(29)32-14-23(28)15-34-24-10-6-21(7-11-24)27(4,5)22-8-12-25(13-9-22)35-17-26(36-20(3)31)16-33-19(2)30/h6-8,10-12,23,26H,14-17H2,1-5H3/t23-,26-/m0/s1. The van der Waals surface area contributed by atoms with Crippen LogP contribution >= 0.6 is 11.6 Å². The summed E-state index contributed by atoms with van der Waals surface area (Å²) < 4.78 is 26.2. The molecule has 0 saturated heterocycles. The maximum Gasteiger partial charge on any atom is 0.303 e. The van der Waals surface area contributed by atoms with Crippen molar-refractivity contribution in [1.82, 2.24) is 0 Å². The van der Waals surface area contributed by atoms with Crippen molar-refractivity contribution in [3.05, 3.63) is 64.8 Å². The van der Waals surface area contributed by atoms with Gasteiger partial charge >= 0.3 is 17.9 Å². The van der Waals surface area contributed by atoms with Crippen molar-refractivity contribution < 1.29 is 38.1 Å². The van der Waals surface area contributed by atoms with Crippen molar-refractivity contribution in [3.8, 4) is 5.75 Å². The smallest absolute Gasteiger partial charge is 0.303 e. The van der Waals surface area contributed by atoms with Crippen LogP contribution in [0.1, 0.15) is 40.2 Å². The van der Waals surface area contributed by atoms with E-state index >= 15 is 0 Å². The second-order valence-electron chi connectivity index (χ2n) is 8.57. The van der Waals surface area contributed by atoms with Gasteiger partial charge in [0.25, 0.3) is 0 Å². The molecule has 9 heteroatoms. The lowest BCUT2D eigenvalue weighted by atomic mass is 9.77. The molecule has 1 aliphatic rings. The highest BCUT2D eigenvalue weighted by Gasteiger charge is 2.25. The molecule has 1 aromatic carbocycles. The van der Waals surface area contributed by atoms with Crippen LogP contribution in [-0.2, 0) is 38.7 Å². The van der Waals surface area contributed by atoms with Gasteiger partial charge < -0.3 is 23.7 Å². The summed E-state index contributed by atoms with van der Waals surface area (Å²) in [6, 6.07) is 7.63. The van der Waals surface area contributed by atoms with E-state index in [0.717, 1.165) is 11.1 Å². The molecule has 36 heavy (non-hydrogen) atoms. The number of ether oxygens (including phenoxy) is 5. The first-order valence-corrected chi connectivity index (χ1v) is 11.8. The molecule has 2 rings (SSSR count). The third-order valence-electron chi connectivity index (χ3n) is 5.10. The van der Waals surface area contributed by atoms with Gasteiger partial charge in [0, 0.05) is 31.8 Å². The first kappa shape index (κ1) is 28.8. The number of allylic oxidation sites excluding steroid dienone is 3. The third kappa shape index (κ3) is 9.67. The van der Waals surface area contributed by atoms with E-state index in [4.69, 9.17) is 35.3 Å². The number of carbonyl (C=O) groups is 3. The fourth-order valence-corrected chi connectivity index (χ4v) is 3.26. The Bertz CT molecular complexity index is 1070. The maximum atomic E-state index is 11.3. The van der Waals surface area contributed by atoms with Crippen molar-refractivity contribution in [2.75, 3.05) is 26.4 Å². The summed E-state index contributed by atoms with van der Waals surface area (Å²) in [5, 5.41) is -0.443. The molecule has 1 aromatic rings. The molecule has 2 atom stereocenters. The van der Waals surface area contributed by atoms with E-state index in [0.29, 0.717) is 11.5 Å². The number of benzene rings is 1. The summed E-state index contributed by atoms with van der Waals surface area (Å²) in [6.07, 6.45) is 2.91. The van der Waals surface area contributed by atoms with Crippen LogP contribution in [0.2, 0.25) is 0 Å². The van der Waals surface area contributed by atoms with Gasteiger partial charge in [0.05, 0.1) is 0 Å². The molecule has 0 heterocycles. The number of alkyl halides is 1. The Labute approximate surface area is 216 Å². The second kappa shape index (κ2) is 13.6. The minimum atomic E-state index is -0.729. The van der Waals surface area contributed by atoms with Gasteiger partial charge in [0.1, 0.15) is 37.6 Å². The molecule has 0 fully saturated rings. The van der Waals surface area contributed by atoms with Gasteiger partial charge in [0.15, 0.2) is 11.9 Å². The number of rotatable bonds is 13. The van der Waals surface area contributed by atoms with Gasteiger partial charge in [-0.3, -0.25) is 14.4 Å². The van der Waals surface area contributed by atoms with E-state index < -0.39 is 23.4 Å². The Kier molecular flexibility index (Phi) is 10.9. The first-order chi connectivity index (χ1) is 17.0. The molecule has 0 bridgehead atoms. The molecular weight excluding hydrogens is 488 g/mol. The number of carbonyl (C=O) groups excluding carboxylic acids is 3. The SMILES string of the molecule is CC(=O)OC[C@H](Cl)COc1ccc(C(C)(C)C2=C=C=C(OC[C@H](COC(C)=O)OC(C)=O)C=C2)cc1. The fraction of sp³-hybridized carbons (Fsp3) is 0.444. The van der Waals surface area contributed by atoms with Crippen molar-refractivity contribution in [2.45, 2.75) is 51.5 Å². The number of halogens is 1. The van der Waals surface area contributed by atoms with Crippen molar-refractivity contribution in [2.24, 2.45) is 0 Å². The Morgan fingerprint density at radius 1 is 0.833 bits per heavy atom. The van der Waals surface area contributed by atoms with Crippen LogP contribution in [0.15, 0.2) is 59.2 Å². The van der Waals surface area contributed by atoms with Gasteiger partial charge in [-0.05, 0) is 35.6 Å². The minimum absolute atomic E-state index is 0.00539. The van der Waals surface area contributed by atoms with Crippen molar-refractivity contribution in [1.29, 1.82) is 0 Å². The summed E-state index contributed by atoms with van der Waals surface area (Å²) in [6.45, 7) is 8.21. The predicted octanol–water partition coefficient (Wildman–Crippen LogP) is 4.16. The van der Waals surface area contributed by atoms with E-state index in [1.54, 1.807) is 6.08 Å². The van der Waals surface area contributed by atoms with Crippen LogP contribution in [0.3, 0.4) is 0 Å². The zero-order valence-electron chi connectivity index (χ0n) is 21.1. The Hall–Kier alpha value is -3.44. The number of hydrogen-bond donors (Lipinski definition) is 0. The molecule has 194 valence electrons. The normalized spacial score (nSPS) is 14.2. The highest BCUT2D eigenvalue weighted by molar-refractivity contribution is 6.20. The monoisotopic (exact) mass is 518 g/mol. The third-order valence-corrected chi connectivity index (χ3v) is 5.35. The van der Waals surface area contributed by atoms with Crippen LogP contribution in [0.4, 0.5) is 0 Å². The summed E-state index contributed by atoms with van der Waals surface area (Å²) in [4.78, 5) is 33.2. The number of hydrogen-bond acceptors (Lipinski definition) is 8. The molecule has 0 saturated carbocycles. The van der Waals surface area contributed by atoms with Crippen molar-refractivity contribution >= 4 is 29.5 Å². The van der Waals surface area contributed by atoms with Crippen LogP contribution in [-0.4, -0.2) is 55.8 Å². The zero-order chi connectivity index (χ0) is 26.7. The highest BCUT2D eigenvalue weighted by Crippen LogP contribution is 2.33. The number of esters is 3. The molecule has 0 aliphatic heterocycles. The lowest BCUT2D eigenvalue weighted by molar-refractivity contribution is -0.158. The molecule has 0 radical (unpaired) electrons. The van der Waals surface area contributed by atoms with Gasteiger partial charge in [-0.2, -0.15) is 0 Å². The highest BCUT2D eigenvalue weighted by atomic mass is 35.5. The molecule has 0 N–H and O–H groups in total. The zero-order valence-corrected chi connectivity index (χ0v) is 21.8. The lowest BCUT2D eigenvalue weighted by Gasteiger charge is -2.26. The average molecular weight is 519 g/mol. The summed E-state index contributed by atoms with van der Waals surface area (Å²) in [7, 11) is 0. The predicted molar refractivity (Wildman–Crippen MR) is 133 cm³/mol. The van der Waals surface area contributed by atoms with E-state index in [9.17, 15) is 14.4 Å². The van der Waals surface area contributed by atoms with Gasteiger partial charge in [-0.25, -0.2) is 0 Å². The summed E-state index contributed by atoms with van der Waals surface area (Å²) in [5.74, 6) is -0.280. The molecule has 0 unspecified atom stereocenters. The van der Waals surface area contributed by atoms with Crippen LogP contribution in [0, 0.1) is 0 Å². The molecule has 8 nitrogen and oxygen atoms in total. The average Bonchev–Trinajstić information content (AvgIpc) is 2.83. The Morgan fingerprint density at radius 2 is 1.47 bits per heavy atom. The molecule has 0 spiro atoms. The van der Waals surface area contributed by atoms with Crippen LogP contribution < -0.4 is 4.74 Å². The largest absolute Gasteiger partial charge is 0.492 e.